The van der Waals surface area contributed by atoms with Gasteiger partial charge in [-0.15, -0.1) is 11.3 Å². The Kier molecular flexibility index (Phi) is 4.69. The van der Waals surface area contributed by atoms with Crippen molar-refractivity contribution in [1.29, 1.82) is 0 Å². The average molecular weight is 336 g/mol. The molecule has 0 saturated carbocycles. The fourth-order valence-electron chi connectivity index (χ4n) is 2.33. The number of rotatable bonds is 4. The largest absolute Gasteiger partial charge is 0.466 e. The molecular weight excluding hydrogens is 312 g/mol. The molecule has 0 aliphatic rings. The molecule has 2 aromatic rings. The quantitative estimate of drug-likeness (QED) is 0.898. The molecule has 0 aromatic carbocycles. The van der Waals surface area contributed by atoms with Crippen LogP contribution in [0, 0.1) is 13.8 Å². The lowest BCUT2D eigenvalue weighted by Gasteiger charge is -2.23. The van der Waals surface area contributed by atoms with E-state index < -0.39 is 5.60 Å². The Bertz CT molecular complexity index is 708. The van der Waals surface area contributed by atoms with Gasteiger partial charge in [0.2, 0.25) is 0 Å². The van der Waals surface area contributed by atoms with Crippen LogP contribution in [0.5, 0.6) is 0 Å². The highest BCUT2D eigenvalue weighted by atomic mass is 32.1. The van der Waals surface area contributed by atoms with Crippen LogP contribution in [0.3, 0.4) is 0 Å². The van der Waals surface area contributed by atoms with Crippen LogP contribution >= 0.6 is 11.3 Å². The molecule has 2 N–H and O–H groups in total. The van der Waals surface area contributed by atoms with Crippen LogP contribution in [0.2, 0.25) is 0 Å². The molecule has 2 aromatic heterocycles. The third-order valence-corrected chi connectivity index (χ3v) is 5.01. The molecule has 0 spiro atoms. The molecule has 0 fully saturated rings. The van der Waals surface area contributed by atoms with Crippen LogP contribution in [0.25, 0.3) is 0 Å². The molecule has 0 aliphatic carbocycles. The predicted octanol–water partition coefficient (Wildman–Crippen LogP) is 3.29. The number of nitrogens with one attached hydrogen (secondary N) is 1. The van der Waals surface area contributed by atoms with Crippen molar-refractivity contribution in [2.45, 2.75) is 52.6 Å². The number of nitrogens with zero attached hydrogens (tertiary/aromatic N) is 1. The minimum absolute atomic E-state index is 0.0832. The lowest BCUT2D eigenvalue weighted by atomic mass is 9.96. The molecule has 0 bridgehead atoms. The van der Waals surface area contributed by atoms with Crippen molar-refractivity contribution in [3.8, 4) is 0 Å². The fraction of sp³-hybridized carbons (Fsp3) is 0.529. The molecular formula is C17H24N2O3S. The van der Waals surface area contributed by atoms with E-state index in [4.69, 9.17) is 4.42 Å². The van der Waals surface area contributed by atoms with Gasteiger partial charge in [-0.25, -0.2) is 4.98 Å². The van der Waals surface area contributed by atoms with E-state index in [2.05, 4.69) is 31.1 Å². The van der Waals surface area contributed by atoms with E-state index in [9.17, 15) is 9.90 Å². The Balaban J connectivity index is 2.06. The third kappa shape index (κ3) is 4.00. The van der Waals surface area contributed by atoms with E-state index in [0.717, 1.165) is 10.8 Å². The van der Waals surface area contributed by atoms with E-state index in [1.807, 2.05) is 6.92 Å². The van der Waals surface area contributed by atoms with Crippen molar-refractivity contribution in [1.82, 2.24) is 10.3 Å². The number of carbonyl (C=O) groups is 1. The molecule has 6 heteroatoms. The first-order chi connectivity index (χ1) is 10.5. The average Bonchev–Trinajstić information content (AvgIpc) is 3.02. The zero-order valence-electron chi connectivity index (χ0n) is 14.5. The molecule has 1 unspecified atom stereocenters. The third-order valence-electron chi connectivity index (χ3n) is 3.59. The highest BCUT2D eigenvalue weighted by Crippen LogP contribution is 2.28. The van der Waals surface area contributed by atoms with E-state index in [-0.39, 0.29) is 17.9 Å². The van der Waals surface area contributed by atoms with Gasteiger partial charge in [-0.1, -0.05) is 20.8 Å². The van der Waals surface area contributed by atoms with Crippen molar-refractivity contribution in [3.63, 3.8) is 0 Å². The van der Waals surface area contributed by atoms with Gasteiger partial charge < -0.3 is 14.8 Å². The summed E-state index contributed by atoms with van der Waals surface area (Å²) < 4.78 is 5.45. The van der Waals surface area contributed by atoms with E-state index in [1.165, 1.54) is 11.3 Å². The monoisotopic (exact) mass is 336 g/mol. The van der Waals surface area contributed by atoms with Crippen LogP contribution in [0.1, 0.15) is 59.5 Å². The van der Waals surface area contributed by atoms with Crippen LogP contribution in [-0.2, 0) is 11.0 Å². The number of thiazole rings is 1. The molecule has 0 aliphatic heterocycles. The summed E-state index contributed by atoms with van der Waals surface area (Å²) in [6, 6.07) is 1.80. The van der Waals surface area contributed by atoms with Crippen LogP contribution in [0.4, 0.5) is 0 Å². The Morgan fingerprint density at radius 3 is 2.48 bits per heavy atom. The molecule has 2 rings (SSSR count). The van der Waals surface area contributed by atoms with Gasteiger partial charge >= 0.3 is 0 Å². The minimum atomic E-state index is -1.19. The van der Waals surface area contributed by atoms with Crippen molar-refractivity contribution < 1.29 is 14.3 Å². The van der Waals surface area contributed by atoms with Crippen LogP contribution in [0.15, 0.2) is 16.7 Å². The second-order valence-electron chi connectivity index (χ2n) is 7.06. The second kappa shape index (κ2) is 6.09. The number of furan rings is 1. The summed E-state index contributed by atoms with van der Waals surface area (Å²) in [6.07, 6.45) is 1.59. The van der Waals surface area contributed by atoms with Gasteiger partial charge in [0.1, 0.15) is 22.0 Å². The van der Waals surface area contributed by atoms with Crippen molar-refractivity contribution >= 4 is 17.2 Å². The molecule has 1 amide bonds. The summed E-state index contributed by atoms with van der Waals surface area (Å²) in [5, 5.41) is 14.3. The number of aryl methyl sites for hydroxylation is 2. The standard InChI is InChI=1S/C17H24N2O3S/c1-10-7-12(11(2)22-10)17(6,21)9-19-14(20)13-8-18-15(23-13)16(3,4)5/h7-8,21H,9H2,1-6H3,(H,19,20). The van der Waals surface area contributed by atoms with Crippen molar-refractivity contribution in [2.24, 2.45) is 0 Å². The number of aromatic nitrogens is 1. The smallest absolute Gasteiger partial charge is 0.263 e. The number of amides is 1. The van der Waals surface area contributed by atoms with Gasteiger partial charge in [0.05, 0.1) is 17.7 Å². The van der Waals surface area contributed by atoms with E-state index >= 15 is 0 Å². The Morgan fingerprint density at radius 2 is 2.00 bits per heavy atom. The number of hydrogen-bond donors (Lipinski definition) is 2. The van der Waals surface area contributed by atoms with Crippen LogP contribution < -0.4 is 5.32 Å². The lowest BCUT2D eigenvalue weighted by Crippen LogP contribution is -2.38. The molecule has 0 saturated heterocycles. The van der Waals surface area contributed by atoms with Gasteiger partial charge in [0.15, 0.2) is 0 Å². The second-order valence-corrected chi connectivity index (χ2v) is 8.09. The maximum absolute atomic E-state index is 12.3. The van der Waals surface area contributed by atoms with Gasteiger partial charge in [-0.3, -0.25) is 4.79 Å². The van der Waals surface area contributed by atoms with Gasteiger partial charge in [-0.2, -0.15) is 0 Å². The minimum Gasteiger partial charge on any atom is -0.466 e. The molecule has 5 nitrogen and oxygen atoms in total. The summed E-state index contributed by atoms with van der Waals surface area (Å²) >= 11 is 1.38. The van der Waals surface area contributed by atoms with Gasteiger partial charge in [0.25, 0.3) is 5.91 Å². The Labute approximate surface area is 140 Å². The molecule has 2 heterocycles. The molecule has 23 heavy (non-hydrogen) atoms. The van der Waals surface area contributed by atoms with E-state index in [1.54, 1.807) is 26.1 Å². The summed E-state index contributed by atoms with van der Waals surface area (Å²) in [4.78, 5) is 17.1. The first-order valence-electron chi connectivity index (χ1n) is 7.55. The zero-order valence-corrected chi connectivity index (χ0v) is 15.3. The number of hydrogen-bond acceptors (Lipinski definition) is 5. The van der Waals surface area contributed by atoms with Gasteiger partial charge in [-0.05, 0) is 26.8 Å². The molecule has 126 valence electrons. The highest BCUT2D eigenvalue weighted by Gasteiger charge is 2.29. The lowest BCUT2D eigenvalue weighted by molar-refractivity contribution is 0.0515. The first-order valence-corrected chi connectivity index (χ1v) is 8.37. The summed E-state index contributed by atoms with van der Waals surface area (Å²) in [5.74, 6) is 1.17. The van der Waals surface area contributed by atoms with Crippen molar-refractivity contribution in [2.75, 3.05) is 6.54 Å². The summed E-state index contributed by atoms with van der Waals surface area (Å²) in [7, 11) is 0. The molecule has 1 atom stereocenters. The van der Waals surface area contributed by atoms with E-state index in [0.29, 0.717) is 16.2 Å². The topological polar surface area (TPSA) is 75.4 Å². The fourth-order valence-corrected chi connectivity index (χ4v) is 3.22. The summed E-state index contributed by atoms with van der Waals surface area (Å²) in [5.41, 5.74) is -0.579. The molecule has 0 radical (unpaired) electrons. The predicted molar refractivity (Wildman–Crippen MR) is 90.9 cm³/mol. The Morgan fingerprint density at radius 1 is 1.35 bits per heavy atom. The van der Waals surface area contributed by atoms with Gasteiger partial charge in [0, 0.05) is 11.0 Å². The van der Waals surface area contributed by atoms with Crippen LogP contribution in [-0.4, -0.2) is 22.5 Å². The number of carbonyl (C=O) groups excluding carboxylic acids is 1. The Hall–Kier alpha value is -1.66. The maximum atomic E-state index is 12.3. The number of aliphatic hydroxyl groups is 1. The zero-order chi connectivity index (χ0) is 17.4. The highest BCUT2D eigenvalue weighted by molar-refractivity contribution is 7.13. The summed E-state index contributed by atoms with van der Waals surface area (Å²) in [6.45, 7) is 11.6. The maximum Gasteiger partial charge on any atom is 0.263 e. The SMILES string of the molecule is Cc1cc(C(C)(O)CNC(=O)c2cnc(C(C)(C)C)s2)c(C)o1. The van der Waals surface area contributed by atoms with Crippen molar-refractivity contribution in [3.05, 3.63) is 39.2 Å². The first kappa shape index (κ1) is 17.7. The normalized spacial score (nSPS) is 14.6.